The average molecular weight is 242 g/mol. The zero-order chi connectivity index (χ0) is 12.4. The van der Waals surface area contributed by atoms with Crippen molar-refractivity contribution in [1.82, 2.24) is 4.98 Å². The quantitative estimate of drug-likeness (QED) is 0.897. The lowest BCUT2D eigenvalue weighted by atomic mass is 10.1. The molecule has 0 amide bonds. The molecule has 0 spiro atoms. The van der Waals surface area contributed by atoms with E-state index in [4.69, 9.17) is 4.74 Å². The van der Waals surface area contributed by atoms with Gasteiger partial charge < -0.3 is 10.1 Å². The van der Waals surface area contributed by atoms with E-state index in [0.29, 0.717) is 6.10 Å². The number of para-hydroxylation sites is 1. The van der Waals surface area contributed by atoms with Crippen LogP contribution in [0.4, 0.5) is 5.69 Å². The fourth-order valence-corrected chi connectivity index (χ4v) is 2.48. The minimum atomic E-state index is 0.359. The molecule has 94 valence electrons. The predicted molar refractivity (Wildman–Crippen MR) is 73.9 cm³/mol. The minimum absolute atomic E-state index is 0.359. The molecule has 1 aliphatic heterocycles. The van der Waals surface area contributed by atoms with E-state index in [2.05, 4.69) is 34.6 Å². The molecule has 3 heteroatoms. The summed E-state index contributed by atoms with van der Waals surface area (Å²) in [7, 11) is 0. The first-order valence-electron chi connectivity index (χ1n) is 6.55. The number of fused-ring (bicyclic) bond motifs is 1. The highest BCUT2D eigenvalue weighted by Crippen LogP contribution is 2.23. The van der Waals surface area contributed by atoms with E-state index in [0.717, 1.165) is 36.5 Å². The number of hydrogen-bond donors (Lipinski definition) is 1. The Bertz CT molecular complexity index is 547. The van der Waals surface area contributed by atoms with Crippen LogP contribution in [0.5, 0.6) is 0 Å². The molecule has 0 aliphatic carbocycles. The van der Waals surface area contributed by atoms with Crippen molar-refractivity contribution in [1.29, 1.82) is 0 Å². The number of aryl methyl sites for hydroxylation is 1. The highest BCUT2D eigenvalue weighted by molar-refractivity contribution is 5.91. The molecule has 1 N–H and O–H groups in total. The van der Waals surface area contributed by atoms with Gasteiger partial charge in [0.1, 0.15) is 0 Å². The Balaban J connectivity index is 1.85. The van der Waals surface area contributed by atoms with Crippen LogP contribution in [0.25, 0.3) is 10.9 Å². The first-order valence-corrected chi connectivity index (χ1v) is 6.55. The Hall–Kier alpha value is -1.61. The normalized spacial score (nSPS) is 19.3. The molecule has 1 aromatic heterocycles. The Morgan fingerprint density at radius 3 is 3.11 bits per heavy atom. The van der Waals surface area contributed by atoms with Crippen molar-refractivity contribution in [3.05, 3.63) is 36.0 Å². The third kappa shape index (κ3) is 2.31. The maximum Gasteiger partial charge on any atom is 0.0748 e. The number of nitrogens with zero attached hydrogens (tertiary/aromatic N) is 1. The van der Waals surface area contributed by atoms with Gasteiger partial charge in [-0.1, -0.05) is 18.2 Å². The lowest BCUT2D eigenvalue weighted by Gasteiger charge is -2.14. The van der Waals surface area contributed by atoms with Gasteiger partial charge in [-0.05, 0) is 31.9 Å². The number of hydrogen-bond acceptors (Lipinski definition) is 3. The maximum absolute atomic E-state index is 5.64. The van der Waals surface area contributed by atoms with Gasteiger partial charge in [0.05, 0.1) is 11.6 Å². The number of benzene rings is 1. The fourth-order valence-electron chi connectivity index (χ4n) is 2.48. The monoisotopic (exact) mass is 242 g/mol. The maximum atomic E-state index is 5.64. The minimum Gasteiger partial charge on any atom is -0.382 e. The summed E-state index contributed by atoms with van der Waals surface area (Å²) in [4.78, 5) is 4.54. The van der Waals surface area contributed by atoms with Crippen LogP contribution >= 0.6 is 0 Å². The van der Waals surface area contributed by atoms with Crippen molar-refractivity contribution in [2.75, 3.05) is 18.5 Å². The summed E-state index contributed by atoms with van der Waals surface area (Å²) in [6.45, 7) is 3.82. The van der Waals surface area contributed by atoms with Gasteiger partial charge >= 0.3 is 0 Å². The number of pyridine rings is 1. The highest BCUT2D eigenvalue weighted by Gasteiger charge is 2.15. The van der Waals surface area contributed by atoms with Gasteiger partial charge in [0.2, 0.25) is 0 Å². The van der Waals surface area contributed by atoms with Gasteiger partial charge in [0.15, 0.2) is 0 Å². The molecular weight excluding hydrogens is 224 g/mol. The molecule has 2 aromatic rings. The van der Waals surface area contributed by atoms with Crippen molar-refractivity contribution in [3.63, 3.8) is 0 Å². The molecule has 1 fully saturated rings. The van der Waals surface area contributed by atoms with Crippen LogP contribution in [0.1, 0.15) is 18.5 Å². The summed E-state index contributed by atoms with van der Waals surface area (Å²) < 4.78 is 5.64. The highest BCUT2D eigenvalue weighted by atomic mass is 16.5. The average Bonchev–Trinajstić information content (AvgIpc) is 2.89. The van der Waals surface area contributed by atoms with E-state index in [9.17, 15) is 0 Å². The van der Waals surface area contributed by atoms with Crippen LogP contribution in [0.15, 0.2) is 30.3 Å². The molecule has 1 aliphatic rings. The van der Waals surface area contributed by atoms with Crippen LogP contribution in [0.2, 0.25) is 0 Å². The third-order valence-corrected chi connectivity index (χ3v) is 3.39. The number of ether oxygens (including phenoxy) is 1. The van der Waals surface area contributed by atoms with Gasteiger partial charge in [0, 0.05) is 29.9 Å². The van der Waals surface area contributed by atoms with Crippen LogP contribution in [-0.4, -0.2) is 24.2 Å². The molecule has 18 heavy (non-hydrogen) atoms. The summed E-state index contributed by atoms with van der Waals surface area (Å²) in [6, 6.07) is 10.4. The number of aromatic nitrogens is 1. The summed E-state index contributed by atoms with van der Waals surface area (Å²) in [5.74, 6) is 0. The van der Waals surface area contributed by atoms with Crippen LogP contribution in [0.3, 0.4) is 0 Å². The summed E-state index contributed by atoms with van der Waals surface area (Å²) in [5.41, 5.74) is 3.25. The van der Waals surface area contributed by atoms with E-state index < -0.39 is 0 Å². The molecule has 2 heterocycles. The van der Waals surface area contributed by atoms with Crippen molar-refractivity contribution >= 4 is 16.6 Å². The van der Waals surface area contributed by atoms with Crippen LogP contribution < -0.4 is 5.32 Å². The Labute approximate surface area is 107 Å². The van der Waals surface area contributed by atoms with Crippen molar-refractivity contribution < 1.29 is 4.74 Å². The molecule has 0 radical (unpaired) electrons. The van der Waals surface area contributed by atoms with E-state index in [-0.39, 0.29) is 0 Å². The van der Waals surface area contributed by atoms with Gasteiger partial charge in [-0.3, -0.25) is 4.98 Å². The standard InChI is InChI=1S/C15H18N2O/c1-11-9-15(16-10-12-5-4-8-18-12)13-6-2-3-7-14(13)17-11/h2-3,6-7,9,12H,4-5,8,10H2,1H3,(H,16,17). The number of anilines is 1. The molecule has 1 aromatic carbocycles. The second kappa shape index (κ2) is 4.94. The largest absolute Gasteiger partial charge is 0.382 e. The zero-order valence-electron chi connectivity index (χ0n) is 10.6. The van der Waals surface area contributed by atoms with Crippen LogP contribution in [-0.2, 0) is 4.74 Å². The first-order chi connectivity index (χ1) is 8.83. The smallest absolute Gasteiger partial charge is 0.0748 e. The molecule has 0 saturated carbocycles. The summed E-state index contributed by atoms with van der Waals surface area (Å²) in [5, 5.41) is 4.69. The zero-order valence-corrected chi connectivity index (χ0v) is 10.6. The fraction of sp³-hybridized carbons (Fsp3) is 0.400. The summed E-state index contributed by atoms with van der Waals surface area (Å²) in [6.07, 6.45) is 2.70. The molecule has 1 atom stereocenters. The topological polar surface area (TPSA) is 34.1 Å². The van der Waals surface area contributed by atoms with Gasteiger partial charge in [-0.25, -0.2) is 0 Å². The van der Waals surface area contributed by atoms with Gasteiger partial charge in [-0.2, -0.15) is 0 Å². The lowest BCUT2D eigenvalue weighted by molar-refractivity contribution is 0.120. The predicted octanol–water partition coefficient (Wildman–Crippen LogP) is 3.13. The van der Waals surface area contributed by atoms with Gasteiger partial charge in [0.25, 0.3) is 0 Å². The number of nitrogens with one attached hydrogen (secondary N) is 1. The molecule has 1 saturated heterocycles. The lowest BCUT2D eigenvalue weighted by Crippen LogP contribution is -2.18. The van der Waals surface area contributed by atoms with E-state index in [1.165, 1.54) is 11.8 Å². The molecular formula is C15H18N2O. The van der Waals surface area contributed by atoms with Crippen molar-refractivity contribution in [2.45, 2.75) is 25.9 Å². The number of rotatable bonds is 3. The van der Waals surface area contributed by atoms with E-state index in [1.54, 1.807) is 0 Å². The van der Waals surface area contributed by atoms with Crippen LogP contribution in [0, 0.1) is 6.92 Å². The molecule has 0 bridgehead atoms. The second-order valence-electron chi connectivity index (χ2n) is 4.84. The van der Waals surface area contributed by atoms with E-state index >= 15 is 0 Å². The SMILES string of the molecule is Cc1cc(NCC2CCCO2)c2ccccc2n1. The first kappa shape index (κ1) is 11.5. The van der Waals surface area contributed by atoms with Crippen molar-refractivity contribution in [3.8, 4) is 0 Å². The summed E-state index contributed by atoms with van der Waals surface area (Å²) >= 11 is 0. The molecule has 3 rings (SSSR count). The Morgan fingerprint density at radius 1 is 1.39 bits per heavy atom. The molecule has 3 nitrogen and oxygen atoms in total. The Kier molecular flexibility index (Phi) is 3.15. The Morgan fingerprint density at radius 2 is 2.28 bits per heavy atom. The van der Waals surface area contributed by atoms with Gasteiger partial charge in [-0.15, -0.1) is 0 Å². The van der Waals surface area contributed by atoms with Crippen molar-refractivity contribution in [2.24, 2.45) is 0 Å². The third-order valence-electron chi connectivity index (χ3n) is 3.39. The molecule has 1 unspecified atom stereocenters. The second-order valence-corrected chi connectivity index (χ2v) is 4.84. The van der Waals surface area contributed by atoms with E-state index in [1.807, 2.05) is 13.0 Å².